The Morgan fingerprint density at radius 1 is 1.07 bits per heavy atom. The van der Waals surface area contributed by atoms with Gasteiger partial charge in [-0.15, -0.1) is 0 Å². The van der Waals surface area contributed by atoms with Crippen molar-refractivity contribution in [2.24, 2.45) is 5.92 Å². The van der Waals surface area contributed by atoms with E-state index in [-0.39, 0.29) is 5.91 Å². The van der Waals surface area contributed by atoms with Gasteiger partial charge in [-0.05, 0) is 69.3 Å². The van der Waals surface area contributed by atoms with Gasteiger partial charge >= 0.3 is 6.03 Å². The van der Waals surface area contributed by atoms with E-state index >= 15 is 0 Å². The van der Waals surface area contributed by atoms with Crippen LogP contribution in [-0.4, -0.2) is 42.7 Å². The summed E-state index contributed by atoms with van der Waals surface area (Å²) in [4.78, 5) is 26.0. The third-order valence-electron chi connectivity index (χ3n) is 5.01. The van der Waals surface area contributed by atoms with Gasteiger partial charge in [0.05, 0.1) is 0 Å². The van der Waals surface area contributed by atoms with Gasteiger partial charge in [0.1, 0.15) is 0 Å². The second kappa shape index (κ2) is 12.8. The Kier molecular flexibility index (Phi) is 10.3. The number of rotatable bonds is 10. The molecule has 5 nitrogen and oxygen atoms in total. The molecule has 3 amide bonds. The molecule has 0 heterocycles. The van der Waals surface area contributed by atoms with Gasteiger partial charge in [0.25, 0.3) is 5.91 Å². The Labute approximate surface area is 167 Å². The fourth-order valence-electron chi connectivity index (χ4n) is 3.54. The van der Waals surface area contributed by atoms with Gasteiger partial charge in [-0.3, -0.25) is 14.8 Å². The molecule has 0 atom stereocenters. The van der Waals surface area contributed by atoms with Gasteiger partial charge in [-0.2, -0.15) is 0 Å². The predicted octanol–water partition coefficient (Wildman–Crippen LogP) is 4.46. The number of nitrogens with zero attached hydrogens (tertiary/aromatic N) is 1. The molecule has 0 spiro atoms. The molecule has 1 aromatic carbocycles. The van der Waals surface area contributed by atoms with Gasteiger partial charge < -0.3 is 4.90 Å². The molecule has 1 aliphatic carbocycles. The minimum atomic E-state index is -0.457. The fourth-order valence-corrected chi connectivity index (χ4v) is 4.17. The maximum absolute atomic E-state index is 11.8. The second-order valence-electron chi connectivity index (χ2n) is 7.43. The summed E-state index contributed by atoms with van der Waals surface area (Å²) in [6, 6.07) is 8.28. The average molecular weight is 392 g/mol. The van der Waals surface area contributed by atoms with Crippen LogP contribution in [-0.2, 0) is 0 Å². The lowest BCUT2D eigenvalue weighted by atomic mass is 9.89. The molecule has 1 fully saturated rings. The zero-order valence-electron chi connectivity index (χ0n) is 16.4. The summed E-state index contributed by atoms with van der Waals surface area (Å²) < 4.78 is 2.67. The Hall–Kier alpha value is -1.53. The van der Waals surface area contributed by atoms with Crippen LogP contribution in [0.4, 0.5) is 4.79 Å². The van der Waals surface area contributed by atoms with Crippen LogP contribution in [0.15, 0.2) is 30.3 Å². The average Bonchev–Trinajstić information content (AvgIpc) is 2.68. The monoisotopic (exact) mass is 391 g/mol. The molecule has 150 valence electrons. The lowest BCUT2D eigenvalue weighted by Gasteiger charge is -2.26. The van der Waals surface area contributed by atoms with Crippen LogP contribution in [0, 0.1) is 5.92 Å². The number of hydrogen-bond acceptors (Lipinski definition) is 4. The molecule has 0 aromatic heterocycles. The number of imide groups is 1. The molecule has 1 saturated carbocycles. The van der Waals surface area contributed by atoms with Crippen molar-refractivity contribution >= 4 is 23.9 Å². The normalized spacial score (nSPS) is 14.9. The topological polar surface area (TPSA) is 61.4 Å². The molecule has 1 aliphatic rings. The SMILES string of the molecule is CN(CCCCCSNC(=O)NC(=O)c1ccccc1)CC1CCCCC1. The molecule has 2 N–H and O–H groups in total. The first-order chi connectivity index (χ1) is 13.1. The van der Waals surface area contributed by atoms with Crippen molar-refractivity contribution in [2.45, 2.75) is 51.4 Å². The highest BCUT2D eigenvalue weighted by atomic mass is 32.2. The summed E-state index contributed by atoms with van der Waals surface area (Å²) in [6.07, 6.45) is 10.5. The van der Waals surface area contributed by atoms with E-state index in [2.05, 4.69) is 22.0 Å². The summed E-state index contributed by atoms with van der Waals surface area (Å²) in [5.41, 5.74) is 0.481. The van der Waals surface area contributed by atoms with E-state index in [0.717, 1.165) is 31.1 Å². The van der Waals surface area contributed by atoms with Crippen molar-refractivity contribution in [1.82, 2.24) is 14.9 Å². The van der Waals surface area contributed by atoms with Crippen molar-refractivity contribution < 1.29 is 9.59 Å². The van der Waals surface area contributed by atoms with Gasteiger partial charge in [0.2, 0.25) is 0 Å². The standard InChI is InChI=1S/C21H33N3O2S/c1-24(17-18-11-5-2-6-12-18)15-9-4-10-16-27-23-21(26)22-20(25)19-13-7-3-8-14-19/h3,7-8,13-14,18H,2,4-6,9-12,15-17H2,1H3,(H2,22,23,25,26). The van der Waals surface area contributed by atoms with Crippen LogP contribution in [0.2, 0.25) is 0 Å². The Morgan fingerprint density at radius 2 is 1.81 bits per heavy atom. The Bertz CT molecular complexity index is 562. The number of carbonyl (C=O) groups is 2. The summed E-state index contributed by atoms with van der Waals surface area (Å²) in [6.45, 7) is 2.40. The molecular formula is C21H33N3O2S. The van der Waals surface area contributed by atoms with Crippen LogP contribution < -0.4 is 10.0 Å². The maximum atomic E-state index is 11.8. The van der Waals surface area contributed by atoms with Crippen molar-refractivity contribution in [3.63, 3.8) is 0 Å². The minimum Gasteiger partial charge on any atom is -0.306 e. The number of nitrogens with one attached hydrogen (secondary N) is 2. The zero-order valence-corrected chi connectivity index (χ0v) is 17.2. The Morgan fingerprint density at radius 3 is 2.56 bits per heavy atom. The van der Waals surface area contributed by atoms with Crippen molar-refractivity contribution in [3.05, 3.63) is 35.9 Å². The van der Waals surface area contributed by atoms with Crippen molar-refractivity contribution in [2.75, 3.05) is 25.9 Å². The van der Waals surface area contributed by atoms with E-state index in [0.29, 0.717) is 5.56 Å². The first-order valence-corrected chi connectivity index (χ1v) is 11.1. The van der Waals surface area contributed by atoms with E-state index in [1.807, 2.05) is 6.07 Å². The van der Waals surface area contributed by atoms with E-state index < -0.39 is 6.03 Å². The lowest BCUT2D eigenvalue weighted by molar-refractivity contribution is 0.0965. The summed E-state index contributed by atoms with van der Waals surface area (Å²) in [7, 11) is 2.24. The lowest BCUT2D eigenvalue weighted by Crippen LogP contribution is -2.36. The molecule has 0 aliphatic heterocycles. The minimum absolute atomic E-state index is 0.380. The highest BCUT2D eigenvalue weighted by Gasteiger charge is 2.15. The third-order valence-corrected chi connectivity index (χ3v) is 5.83. The molecule has 2 rings (SSSR count). The molecule has 1 aromatic rings. The third kappa shape index (κ3) is 9.29. The number of benzene rings is 1. The first-order valence-electron chi connectivity index (χ1n) is 10.1. The maximum Gasteiger partial charge on any atom is 0.331 e. The molecule has 27 heavy (non-hydrogen) atoms. The van der Waals surface area contributed by atoms with E-state index in [9.17, 15) is 9.59 Å². The van der Waals surface area contributed by atoms with Crippen molar-refractivity contribution in [1.29, 1.82) is 0 Å². The Balaban J connectivity index is 1.44. The molecule has 6 heteroatoms. The summed E-state index contributed by atoms with van der Waals surface area (Å²) in [5.74, 6) is 1.38. The number of hydrogen-bond donors (Lipinski definition) is 2. The number of unbranched alkanes of at least 4 members (excludes halogenated alkanes) is 2. The van der Waals surface area contributed by atoms with E-state index in [1.54, 1.807) is 24.3 Å². The summed E-state index contributed by atoms with van der Waals surface area (Å²) >= 11 is 1.36. The van der Waals surface area contributed by atoms with Crippen LogP contribution in [0.3, 0.4) is 0 Å². The highest BCUT2D eigenvalue weighted by molar-refractivity contribution is 7.97. The molecular weight excluding hydrogens is 358 g/mol. The van der Waals surface area contributed by atoms with Crippen LogP contribution in [0.25, 0.3) is 0 Å². The van der Waals surface area contributed by atoms with Crippen LogP contribution >= 0.6 is 11.9 Å². The van der Waals surface area contributed by atoms with Crippen molar-refractivity contribution in [3.8, 4) is 0 Å². The zero-order chi connectivity index (χ0) is 19.3. The highest BCUT2D eigenvalue weighted by Crippen LogP contribution is 2.24. The molecule has 0 bridgehead atoms. The quantitative estimate of drug-likeness (QED) is 0.457. The first kappa shape index (κ1) is 21.8. The van der Waals surface area contributed by atoms with Gasteiger partial charge in [-0.1, -0.05) is 43.9 Å². The van der Waals surface area contributed by atoms with Gasteiger partial charge in [0, 0.05) is 17.9 Å². The number of urea groups is 1. The van der Waals surface area contributed by atoms with Crippen LogP contribution in [0.5, 0.6) is 0 Å². The van der Waals surface area contributed by atoms with Gasteiger partial charge in [0.15, 0.2) is 0 Å². The van der Waals surface area contributed by atoms with E-state index in [1.165, 1.54) is 57.0 Å². The number of amides is 3. The number of carbonyl (C=O) groups excluding carboxylic acids is 2. The molecule has 0 unspecified atom stereocenters. The fraction of sp³-hybridized carbons (Fsp3) is 0.619. The molecule has 0 saturated heterocycles. The smallest absolute Gasteiger partial charge is 0.306 e. The summed E-state index contributed by atoms with van der Waals surface area (Å²) in [5, 5.41) is 2.34. The van der Waals surface area contributed by atoms with Crippen LogP contribution in [0.1, 0.15) is 61.7 Å². The predicted molar refractivity (Wildman–Crippen MR) is 113 cm³/mol. The molecule has 0 radical (unpaired) electrons. The van der Waals surface area contributed by atoms with E-state index in [4.69, 9.17) is 0 Å². The largest absolute Gasteiger partial charge is 0.331 e. The van der Waals surface area contributed by atoms with Gasteiger partial charge in [-0.25, -0.2) is 4.79 Å². The second-order valence-corrected chi connectivity index (χ2v) is 8.33.